The minimum Gasteiger partial charge on any atom is -0.476 e. The van der Waals surface area contributed by atoms with Crippen molar-refractivity contribution in [3.05, 3.63) is 30.3 Å². The molecule has 80 valence electrons. The van der Waals surface area contributed by atoms with Crippen molar-refractivity contribution < 1.29 is 14.3 Å². The number of nitrogens with one attached hydrogen (secondary N) is 1. The number of carbonyl (C=O) groups excluding carboxylic acids is 1. The number of hydrogen-bond donors (Lipinski definition) is 1. The Balaban J connectivity index is 1.96. The van der Waals surface area contributed by atoms with Crippen LogP contribution in [0.4, 0.5) is 0 Å². The van der Waals surface area contributed by atoms with E-state index in [1.54, 1.807) is 0 Å². The number of β-lactam (4-membered cyclic amide) rings is 1. The fraction of sp³-hybridized carbons (Fsp3) is 0.364. The molecule has 0 spiro atoms. The minimum atomic E-state index is -0.521. The van der Waals surface area contributed by atoms with Gasteiger partial charge in [0.25, 0.3) is 5.91 Å². The van der Waals surface area contributed by atoms with Gasteiger partial charge in [-0.15, -0.1) is 0 Å². The Bertz CT molecular complexity index is 339. The van der Waals surface area contributed by atoms with Gasteiger partial charge in [0.15, 0.2) is 6.23 Å². The van der Waals surface area contributed by atoms with E-state index in [2.05, 4.69) is 5.32 Å². The summed E-state index contributed by atoms with van der Waals surface area (Å²) in [6.07, 6.45) is -0.838. The molecule has 1 fully saturated rings. The largest absolute Gasteiger partial charge is 0.476 e. The van der Waals surface area contributed by atoms with Crippen LogP contribution in [0, 0.1) is 0 Å². The molecule has 4 heteroatoms. The van der Waals surface area contributed by atoms with Gasteiger partial charge in [-0.3, -0.25) is 4.79 Å². The molecule has 2 rings (SSSR count). The lowest BCUT2D eigenvalue weighted by molar-refractivity contribution is -0.161. The molecular formula is C11H13NO3. The maximum absolute atomic E-state index is 11.2. The quantitative estimate of drug-likeness (QED) is 0.747. The van der Waals surface area contributed by atoms with E-state index < -0.39 is 6.10 Å². The Morgan fingerprint density at radius 1 is 1.33 bits per heavy atom. The predicted molar refractivity (Wildman–Crippen MR) is 54.4 cm³/mol. The molecular weight excluding hydrogens is 194 g/mol. The summed E-state index contributed by atoms with van der Waals surface area (Å²) in [5.41, 5.74) is 0. The third kappa shape index (κ3) is 2.10. The standard InChI is InChI=1S/C11H13NO3/c1-2-14-11-9(10(13)12-11)15-8-6-4-3-5-7-8/h3-7,9,11H,2H2,1H3,(H,12,13)/t9-,11-/m1/s1. The molecule has 1 aliphatic heterocycles. The van der Waals surface area contributed by atoms with Crippen LogP contribution in [0.3, 0.4) is 0 Å². The number of para-hydroxylation sites is 1. The first-order valence-electron chi connectivity index (χ1n) is 4.95. The van der Waals surface area contributed by atoms with Gasteiger partial charge in [-0.05, 0) is 19.1 Å². The van der Waals surface area contributed by atoms with Crippen LogP contribution in [0.25, 0.3) is 0 Å². The van der Waals surface area contributed by atoms with Gasteiger partial charge >= 0.3 is 0 Å². The first-order chi connectivity index (χ1) is 7.31. The minimum absolute atomic E-state index is 0.127. The van der Waals surface area contributed by atoms with Crippen molar-refractivity contribution in [2.45, 2.75) is 19.3 Å². The van der Waals surface area contributed by atoms with Gasteiger partial charge in [-0.1, -0.05) is 18.2 Å². The Kier molecular flexibility index (Phi) is 2.87. The van der Waals surface area contributed by atoms with Gasteiger partial charge in [-0.25, -0.2) is 0 Å². The van der Waals surface area contributed by atoms with Crippen molar-refractivity contribution in [3.8, 4) is 5.75 Å². The summed E-state index contributed by atoms with van der Waals surface area (Å²) in [5, 5.41) is 2.63. The van der Waals surface area contributed by atoms with Gasteiger partial charge in [0, 0.05) is 6.61 Å². The van der Waals surface area contributed by atoms with E-state index in [1.807, 2.05) is 37.3 Å². The number of benzene rings is 1. The Morgan fingerprint density at radius 3 is 2.67 bits per heavy atom. The van der Waals surface area contributed by atoms with Crippen molar-refractivity contribution in [1.82, 2.24) is 5.32 Å². The lowest BCUT2D eigenvalue weighted by Gasteiger charge is -2.35. The van der Waals surface area contributed by atoms with Crippen LogP contribution in [0.5, 0.6) is 5.75 Å². The van der Waals surface area contributed by atoms with E-state index in [0.29, 0.717) is 12.4 Å². The summed E-state index contributed by atoms with van der Waals surface area (Å²) >= 11 is 0. The maximum atomic E-state index is 11.2. The highest BCUT2D eigenvalue weighted by Crippen LogP contribution is 2.17. The topological polar surface area (TPSA) is 47.6 Å². The summed E-state index contributed by atoms with van der Waals surface area (Å²) in [7, 11) is 0. The molecule has 4 nitrogen and oxygen atoms in total. The zero-order chi connectivity index (χ0) is 10.7. The third-order valence-electron chi connectivity index (χ3n) is 2.17. The van der Waals surface area contributed by atoms with E-state index >= 15 is 0 Å². The zero-order valence-corrected chi connectivity index (χ0v) is 8.47. The summed E-state index contributed by atoms with van der Waals surface area (Å²) in [6, 6.07) is 9.25. The smallest absolute Gasteiger partial charge is 0.267 e. The predicted octanol–water partition coefficient (Wildman–Crippen LogP) is 0.926. The molecule has 0 unspecified atom stereocenters. The van der Waals surface area contributed by atoms with Gasteiger partial charge in [0.05, 0.1) is 0 Å². The normalized spacial score (nSPS) is 24.2. The molecule has 0 bridgehead atoms. The fourth-order valence-electron chi connectivity index (χ4n) is 1.41. The molecule has 15 heavy (non-hydrogen) atoms. The van der Waals surface area contributed by atoms with Gasteiger partial charge < -0.3 is 14.8 Å². The van der Waals surface area contributed by atoms with Crippen molar-refractivity contribution in [2.75, 3.05) is 6.61 Å². The van der Waals surface area contributed by atoms with Crippen LogP contribution in [0.1, 0.15) is 6.92 Å². The maximum Gasteiger partial charge on any atom is 0.267 e. The highest BCUT2D eigenvalue weighted by molar-refractivity contribution is 5.88. The highest BCUT2D eigenvalue weighted by Gasteiger charge is 2.42. The van der Waals surface area contributed by atoms with E-state index in [0.717, 1.165) is 0 Å². The molecule has 0 saturated carbocycles. The monoisotopic (exact) mass is 207 g/mol. The molecule has 0 aliphatic carbocycles. The molecule has 1 aliphatic rings. The molecule has 2 atom stereocenters. The molecule has 1 amide bonds. The van der Waals surface area contributed by atoms with E-state index in [9.17, 15) is 4.79 Å². The van der Waals surface area contributed by atoms with E-state index in [-0.39, 0.29) is 12.1 Å². The van der Waals surface area contributed by atoms with E-state index in [1.165, 1.54) is 0 Å². The third-order valence-corrected chi connectivity index (χ3v) is 2.17. The van der Waals surface area contributed by atoms with Gasteiger partial charge in [0.2, 0.25) is 6.10 Å². The highest BCUT2D eigenvalue weighted by atomic mass is 16.6. The molecule has 1 N–H and O–H groups in total. The van der Waals surface area contributed by atoms with Crippen LogP contribution >= 0.6 is 0 Å². The Labute approximate surface area is 88.2 Å². The molecule has 1 aromatic rings. The molecule has 1 aromatic carbocycles. The lowest BCUT2D eigenvalue weighted by atomic mass is 10.1. The van der Waals surface area contributed by atoms with Crippen LogP contribution in [-0.4, -0.2) is 24.8 Å². The van der Waals surface area contributed by atoms with Crippen molar-refractivity contribution in [2.24, 2.45) is 0 Å². The summed E-state index contributed by atoms with van der Waals surface area (Å²) < 4.78 is 10.8. The average Bonchev–Trinajstić information content (AvgIpc) is 2.27. The lowest BCUT2D eigenvalue weighted by Crippen LogP contribution is -2.65. The van der Waals surface area contributed by atoms with Crippen LogP contribution in [0.15, 0.2) is 30.3 Å². The summed E-state index contributed by atoms with van der Waals surface area (Å²) in [6.45, 7) is 2.43. The first kappa shape index (κ1) is 9.98. The zero-order valence-electron chi connectivity index (χ0n) is 8.47. The number of rotatable bonds is 4. The second-order valence-electron chi connectivity index (χ2n) is 3.24. The molecule has 0 aromatic heterocycles. The molecule has 0 radical (unpaired) electrons. The average molecular weight is 207 g/mol. The van der Waals surface area contributed by atoms with Crippen LogP contribution in [-0.2, 0) is 9.53 Å². The van der Waals surface area contributed by atoms with Gasteiger partial charge in [0.1, 0.15) is 5.75 Å². The summed E-state index contributed by atoms with van der Waals surface area (Å²) in [4.78, 5) is 11.2. The summed E-state index contributed by atoms with van der Waals surface area (Å²) in [5.74, 6) is 0.555. The SMILES string of the molecule is CCO[C@H]1NC(=O)[C@H]1Oc1ccccc1. The first-order valence-corrected chi connectivity index (χ1v) is 4.95. The van der Waals surface area contributed by atoms with Crippen molar-refractivity contribution >= 4 is 5.91 Å². The van der Waals surface area contributed by atoms with Crippen LogP contribution < -0.4 is 10.1 Å². The van der Waals surface area contributed by atoms with Crippen molar-refractivity contribution in [3.63, 3.8) is 0 Å². The Morgan fingerprint density at radius 2 is 2.07 bits per heavy atom. The van der Waals surface area contributed by atoms with Gasteiger partial charge in [-0.2, -0.15) is 0 Å². The number of amides is 1. The second-order valence-corrected chi connectivity index (χ2v) is 3.24. The van der Waals surface area contributed by atoms with Crippen LogP contribution in [0.2, 0.25) is 0 Å². The Hall–Kier alpha value is -1.55. The number of hydrogen-bond acceptors (Lipinski definition) is 3. The molecule has 1 heterocycles. The van der Waals surface area contributed by atoms with Crippen molar-refractivity contribution in [1.29, 1.82) is 0 Å². The molecule has 1 saturated heterocycles. The fourth-order valence-corrected chi connectivity index (χ4v) is 1.41. The van der Waals surface area contributed by atoms with E-state index in [4.69, 9.17) is 9.47 Å². The number of carbonyl (C=O) groups is 1. The number of ether oxygens (including phenoxy) is 2. The second kappa shape index (κ2) is 4.31.